The van der Waals surface area contributed by atoms with Crippen LogP contribution in [0.5, 0.6) is 0 Å². The molecule has 0 radical (unpaired) electrons. The van der Waals surface area contributed by atoms with E-state index in [1.54, 1.807) is 0 Å². The van der Waals surface area contributed by atoms with Crippen LogP contribution in [-0.4, -0.2) is 12.3 Å². The van der Waals surface area contributed by atoms with Gasteiger partial charge in [0, 0.05) is 12.3 Å². The summed E-state index contributed by atoms with van der Waals surface area (Å²) in [6.07, 6.45) is 10.3. The summed E-state index contributed by atoms with van der Waals surface area (Å²) in [6, 6.07) is 0.715. The summed E-state index contributed by atoms with van der Waals surface area (Å²) in [5.74, 6) is 0.779. The molecule has 62 valence electrons. The molecule has 2 aliphatic carbocycles. The summed E-state index contributed by atoms with van der Waals surface area (Å²) < 4.78 is 0. The quantitative estimate of drug-likeness (QED) is 0.485. The normalized spacial score (nSPS) is 26.5. The Labute approximate surface area is 68.1 Å². The third-order valence-electron chi connectivity index (χ3n) is 2.52. The van der Waals surface area contributed by atoms with Gasteiger partial charge in [0.2, 0.25) is 0 Å². The Morgan fingerprint density at radius 1 is 1.09 bits per heavy atom. The van der Waals surface area contributed by atoms with Crippen molar-refractivity contribution in [1.29, 1.82) is 0 Å². The average Bonchev–Trinajstić information content (AvgIpc) is 2.66. The molecule has 0 bridgehead atoms. The van der Waals surface area contributed by atoms with Crippen LogP contribution in [0.4, 0.5) is 0 Å². The maximum absolute atomic E-state index is 4.24. The first-order chi connectivity index (χ1) is 5.45. The van der Waals surface area contributed by atoms with Crippen molar-refractivity contribution in [2.24, 2.45) is 11.0 Å². The highest BCUT2D eigenvalue weighted by molar-refractivity contribution is 5.60. The van der Waals surface area contributed by atoms with Crippen molar-refractivity contribution in [2.75, 3.05) is 0 Å². The SMILES string of the molecule is C(=N\NC1CC1)/C1CCCC1. The van der Waals surface area contributed by atoms with Crippen LogP contribution in [0, 0.1) is 5.92 Å². The topological polar surface area (TPSA) is 24.4 Å². The van der Waals surface area contributed by atoms with E-state index in [1.807, 2.05) is 0 Å². The zero-order chi connectivity index (χ0) is 7.52. The zero-order valence-corrected chi connectivity index (χ0v) is 6.92. The number of hydrogen-bond acceptors (Lipinski definition) is 2. The van der Waals surface area contributed by atoms with Gasteiger partial charge in [-0.15, -0.1) is 0 Å². The number of hydrazone groups is 1. The van der Waals surface area contributed by atoms with Crippen LogP contribution in [0.1, 0.15) is 38.5 Å². The molecular formula is C9H16N2. The minimum Gasteiger partial charge on any atom is -0.307 e. The summed E-state index contributed by atoms with van der Waals surface area (Å²) in [7, 11) is 0. The van der Waals surface area contributed by atoms with E-state index in [1.165, 1.54) is 38.5 Å². The Morgan fingerprint density at radius 3 is 2.45 bits per heavy atom. The van der Waals surface area contributed by atoms with Gasteiger partial charge in [-0.3, -0.25) is 0 Å². The first kappa shape index (κ1) is 7.14. The van der Waals surface area contributed by atoms with Crippen LogP contribution in [0.15, 0.2) is 5.10 Å². The van der Waals surface area contributed by atoms with Gasteiger partial charge in [0.05, 0.1) is 0 Å². The molecule has 2 fully saturated rings. The molecule has 2 aliphatic rings. The summed E-state index contributed by atoms with van der Waals surface area (Å²) >= 11 is 0. The fraction of sp³-hybridized carbons (Fsp3) is 0.889. The molecule has 0 atom stereocenters. The lowest BCUT2D eigenvalue weighted by molar-refractivity contribution is 0.699. The van der Waals surface area contributed by atoms with Crippen molar-refractivity contribution in [1.82, 2.24) is 5.43 Å². The van der Waals surface area contributed by atoms with Gasteiger partial charge < -0.3 is 5.43 Å². The molecule has 0 saturated heterocycles. The fourth-order valence-corrected chi connectivity index (χ4v) is 1.57. The van der Waals surface area contributed by atoms with Crippen LogP contribution in [0.3, 0.4) is 0 Å². The first-order valence-corrected chi connectivity index (χ1v) is 4.74. The molecule has 0 aromatic heterocycles. The maximum Gasteiger partial charge on any atom is 0.0441 e. The molecule has 2 nitrogen and oxygen atoms in total. The van der Waals surface area contributed by atoms with E-state index in [-0.39, 0.29) is 0 Å². The third kappa shape index (κ3) is 2.21. The largest absolute Gasteiger partial charge is 0.307 e. The Bertz CT molecular complexity index is 144. The number of nitrogens with zero attached hydrogens (tertiary/aromatic N) is 1. The van der Waals surface area contributed by atoms with Gasteiger partial charge in [0.1, 0.15) is 0 Å². The van der Waals surface area contributed by atoms with Gasteiger partial charge >= 0.3 is 0 Å². The molecule has 1 N–H and O–H groups in total. The Balaban J connectivity index is 1.65. The van der Waals surface area contributed by atoms with E-state index in [0.717, 1.165) is 5.92 Å². The van der Waals surface area contributed by atoms with E-state index < -0.39 is 0 Å². The Morgan fingerprint density at radius 2 is 1.82 bits per heavy atom. The highest BCUT2D eigenvalue weighted by atomic mass is 15.3. The molecule has 11 heavy (non-hydrogen) atoms. The number of nitrogens with one attached hydrogen (secondary N) is 1. The molecule has 2 rings (SSSR count). The second-order valence-corrected chi connectivity index (χ2v) is 3.73. The molecule has 0 unspecified atom stereocenters. The molecule has 0 aromatic rings. The van der Waals surface area contributed by atoms with Gasteiger partial charge in [0.15, 0.2) is 0 Å². The summed E-state index contributed by atoms with van der Waals surface area (Å²) in [6.45, 7) is 0. The lowest BCUT2D eigenvalue weighted by Crippen LogP contribution is -2.09. The minimum atomic E-state index is 0.715. The Kier molecular flexibility index (Phi) is 2.11. The molecular weight excluding hydrogens is 136 g/mol. The lowest BCUT2D eigenvalue weighted by atomic mass is 10.1. The predicted molar refractivity (Wildman–Crippen MR) is 46.6 cm³/mol. The highest BCUT2D eigenvalue weighted by Gasteiger charge is 2.20. The summed E-state index contributed by atoms with van der Waals surface area (Å²) in [5, 5.41) is 4.24. The van der Waals surface area contributed by atoms with Gasteiger partial charge in [-0.2, -0.15) is 5.10 Å². The van der Waals surface area contributed by atoms with Crippen molar-refractivity contribution in [3.63, 3.8) is 0 Å². The Hall–Kier alpha value is -0.530. The third-order valence-corrected chi connectivity index (χ3v) is 2.52. The fourth-order valence-electron chi connectivity index (χ4n) is 1.57. The number of rotatable bonds is 3. The average molecular weight is 152 g/mol. The van der Waals surface area contributed by atoms with Crippen LogP contribution < -0.4 is 5.43 Å². The zero-order valence-electron chi connectivity index (χ0n) is 6.92. The molecule has 0 amide bonds. The second-order valence-electron chi connectivity index (χ2n) is 3.73. The highest BCUT2D eigenvalue weighted by Crippen LogP contribution is 2.23. The van der Waals surface area contributed by atoms with Crippen molar-refractivity contribution >= 4 is 6.21 Å². The van der Waals surface area contributed by atoms with Gasteiger partial charge in [-0.25, -0.2) is 0 Å². The van der Waals surface area contributed by atoms with E-state index in [9.17, 15) is 0 Å². The molecule has 0 spiro atoms. The summed E-state index contributed by atoms with van der Waals surface area (Å²) in [5.41, 5.74) is 3.15. The maximum atomic E-state index is 4.24. The van der Waals surface area contributed by atoms with E-state index in [4.69, 9.17) is 0 Å². The molecule has 0 aliphatic heterocycles. The molecule has 2 heteroatoms. The predicted octanol–water partition coefficient (Wildman–Crippen LogP) is 1.91. The van der Waals surface area contributed by atoms with Gasteiger partial charge in [-0.1, -0.05) is 12.8 Å². The van der Waals surface area contributed by atoms with Gasteiger partial charge in [0.25, 0.3) is 0 Å². The van der Waals surface area contributed by atoms with Crippen LogP contribution >= 0.6 is 0 Å². The second kappa shape index (κ2) is 3.24. The minimum absolute atomic E-state index is 0.715. The van der Waals surface area contributed by atoms with E-state index in [2.05, 4.69) is 16.7 Å². The van der Waals surface area contributed by atoms with Crippen molar-refractivity contribution in [3.8, 4) is 0 Å². The van der Waals surface area contributed by atoms with Crippen LogP contribution in [0.2, 0.25) is 0 Å². The monoisotopic (exact) mass is 152 g/mol. The summed E-state index contributed by atoms with van der Waals surface area (Å²) in [4.78, 5) is 0. The van der Waals surface area contributed by atoms with Crippen LogP contribution in [-0.2, 0) is 0 Å². The van der Waals surface area contributed by atoms with Gasteiger partial charge in [-0.05, 0) is 31.6 Å². The smallest absolute Gasteiger partial charge is 0.0441 e. The van der Waals surface area contributed by atoms with Crippen molar-refractivity contribution in [3.05, 3.63) is 0 Å². The first-order valence-electron chi connectivity index (χ1n) is 4.74. The van der Waals surface area contributed by atoms with Crippen molar-refractivity contribution in [2.45, 2.75) is 44.6 Å². The molecule has 0 heterocycles. The molecule has 0 aromatic carbocycles. The standard InChI is InChI=1S/C9H16N2/c1-2-4-8(3-1)7-10-11-9-5-6-9/h7-9,11H,1-6H2/b10-7+. The van der Waals surface area contributed by atoms with E-state index in [0.29, 0.717) is 6.04 Å². The lowest BCUT2D eigenvalue weighted by Gasteiger charge is -1.99. The molecule has 2 saturated carbocycles. The van der Waals surface area contributed by atoms with Crippen molar-refractivity contribution < 1.29 is 0 Å². The van der Waals surface area contributed by atoms with Crippen LogP contribution in [0.25, 0.3) is 0 Å². The van der Waals surface area contributed by atoms with E-state index >= 15 is 0 Å². The number of hydrogen-bond donors (Lipinski definition) is 1.